The molecule has 0 amide bonds. The predicted octanol–water partition coefficient (Wildman–Crippen LogP) is 3.30. The summed E-state index contributed by atoms with van der Waals surface area (Å²) in [6.07, 6.45) is 3.74. The van der Waals surface area contributed by atoms with Gasteiger partial charge >= 0.3 is 5.97 Å². The number of H-pyrrole nitrogens is 1. The molecule has 0 saturated heterocycles. The second kappa shape index (κ2) is 9.50. The largest absolute Gasteiger partial charge is 0.493 e. The molecule has 9 heteroatoms. The first-order valence-corrected chi connectivity index (χ1v) is 12.3. The van der Waals surface area contributed by atoms with Crippen LogP contribution in [0.2, 0.25) is 0 Å². The molecule has 184 valence electrons. The van der Waals surface area contributed by atoms with E-state index in [2.05, 4.69) is 9.98 Å². The standard InChI is InChI=1S/C27H25N3O5S/c1-5-35-26(32)23-15(2)29-27-30(24(23)16-10-11-20(33-3)21(12-16)34-4)25(31)22(36-27)13-17-14-28-19-9-7-6-8-18(17)19/h6-14,24,28H,5H2,1-4H3/b22-13-/t24-/m1/s1. The molecule has 0 spiro atoms. The zero-order valence-electron chi connectivity index (χ0n) is 20.3. The lowest BCUT2D eigenvalue weighted by atomic mass is 9.95. The number of carbonyl (C=O) groups excluding carboxylic acids is 1. The van der Waals surface area contributed by atoms with Gasteiger partial charge in [0, 0.05) is 22.7 Å². The van der Waals surface area contributed by atoms with Crippen molar-refractivity contribution < 1.29 is 19.0 Å². The molecule has 3 heterocycles. The molecular formula is C27H25N3O5S. The smallest absolute Gasteiger partial charge is 0.338 e. The van der Waals surface area contributed by atoms with Gasteiger partial charge in [-0.25, -0.2) is 9.79 Å². The number of aromatic amines is 1. The minimum absolute atomic E-state index is 0.208. The summed E-state index contributed by atoms with van der Waals surface area (Å²) in [5.74, 6) is 0.532. The summed E-state index contributed by atoms with van der Waals surface area (Å²) in [6, 6.07) is 12.5. The number of nitrogens with zero attached hydrogens (tertiary/aromatic N) is 2. The van der Waals surface area contributed by atoms with Gasteiger partial charge in [0.2, 0.25) is 0 Å². The van der Waals surface area contributed by atoms with Gasteiger partial charge in [0.25, 0.3) is 5.56 Å². The summed E-state index contributed by atoms with van der Waals surface area (Å²) < 4.78 is 18.3. The summed E-state index contributed by atoms with van der Waals surface area (Å²) in [7, 11) is 3.10. The van der Waals surface area contributed by atoms with Crippen LogP contribution in [0.25, 0.3) is 17.0 Å². The predicted molar refractivity (Wildman–Crippen MR) is 138 cm³/mol. The molecule has 0 radical (unpaired) electrons. The number of esters is 1. The molecule has 2 aromatic carbocycles. The number of allylic oxidation sites excluding steroid dienone is 1. The van der Waals surface area contributed by atoms with Crippen LogP contribution in [0, 0.1) is 0 Å². The zero-order valence-corrected chi connectivity index (χ0v) is 21.1. The highest BCUT2D eigenvalue weighted by Crippen LogP contribution is 2.36. The number of thiazole rings is 1. The molecule has 1 atom stereocenters. The lowest BCUT2D eigenvalue weighted by Crippen LogP contribution is -2.39. The van der Waals surface area contributed by atoms with Crippen molar-refractivity contribution in [3.8, 4) is 11.5 Å². The number of nitrogens with one attached hydrogen (secondary N) is 1. The topological polar surface area (TPSA) is 94.9 Å². The Morgan fingerprint density at radius 3 is 2.69 bits per heavy atom. The summed E-state index contributed by atoms with van der Waals surface area (Å²) in [5, 5.41) is 1.02. The summed E-state index contributed by atoms with van der Waals surface area (Å²) in [6.45, 7) is 3.71. The molecule has 0 aliphatic carbocycles. The lowest BCUT2D eigenvalue weighted by Gasteiger charge is -2.25. The number of hydrogen-bond donors (Lipinski definition) is 1. The van der Waals surface area contributed by atoms with E-state index in [-0.39, 0.29) is 12.2 Å². The lowest BCUT2D eigenvalue weighted by molar-refractivity contribution is -0.139. The van der Waals surface area contributed by atoms with Crippen LogP contribution in [0.1, 0.15) is 31.0 Å². The van der Waals surface area contributed by atoms with Crippen LogP contribution in [0.5, 0.6) is 11.5 Å². The van der Waals surface area contributed by atoms with Crippen molar-refractivity contribution in [1.82, 2.24) is 9.55 Å². The van der Waals surface area contributed by atoms with Gasteiger partial charge in [-0.2, -0.15) is 0 Å². The van der Waals surface area contributed by atoms with E-state index in [0.29, 0.717) is 37.7 Å². The van der Waals surface area contributed by atoms with Gasteiger partial charge in [0.05, 0.1) is 42.7 Å². The van der Waals surface area contributed by atoms with Gasteiger partial charge in [-0.3, -0.25) is 9.36 Å². The molecule has 1 N–H and O–H groups in total. The van der Waals surface area contributed by atoms with Crippen molar-refractivity contribution in [2.75, 3.05) is 20.8 Å². The first kappa shape index (κ1) is 23.6. The van der Waals surface area contributed by atoms with E-state index in [1.807, 2.05) is 42.6 Å². The number of rotatable bonds is 6. The Morgan fingerprint density at radius 2 is 1.94 bits per heavy atom. The van der Waals surface area contributed by atoms with Gasteiger partial charge in [0.15, 0.2) is 16.3 Å². The first-order chi connectivity index (χ1) is 17.5. The van der Waals surface area contributed by atoms with Crippen molar-refractivity contribution in [3.05, 3.63) is 90.7 Å². The number of carbonyl (C=O) groups is 1. The van der Waals surface area contributed by atoms with Crippen LogP contribution in [0.3, 0.4) is 0 Å². The third-order valence-corrected chi connectivity index (χ3v) is 7.13. The fourth-order valence-electron chi connectivity index (χ4n) is 4.48. The third kappa shape index (κ3) is 3.91. The van der Waals surface area contributed by atoms with E-state index in [1.54, 1.807) is 44.8 Å². The Labute approximate surface area is 210 Å². The van der Waals surface area contributed by atoms with Gasteiger partial charge in [-0.1, -0.05) is 35.6 Å². The summed E-state index contributed by atoms with van der Waals surface area (Å²) in [4.78, 5) is 35.3. The molecule has 36 heavy (non-hydrogen) atoms. The van der Waals surface area contributed by atoms with Gasteiger partial charge < -0.3 is 19.2 Å². The van der Waals surface area contributed by atoms with Crippen LogP contribution >= 0.6 is 11.3 Å². The maximum Gasteiger partial charge on any atom is 0.338 e. The fourth-order valence-corrected chi connectivity index (χ4v) is 5.52. The molecule has 0 unspecified atom stereocenters. The second-order valence-corrected chi connectivity index (χ2v) is 9.22. The van der Waals surface area contributed by atoms with Crippen molar-refractivity contribution >= 4 is 34.3 Å². The second-order valence-electron chi connectivity index (χ2n) is 8.21. The van der Waals surface area contributed by atoms with Crippen LogP contribution in [-0.4, -0.2) is 36.3 Å². The zero-order chi connectivity index (χ0) is 25.4. The molecule has 2 aromatic heterocycles. The Hall–Kier alpha value is -4.11. The van der Waals surface area contributed by atoms with E-state index in [0.717, 1.165) is 16.5 Å². The highest BCUT2D eigenvalue weighted by Gasteiger charge is 2.34. The molecular weight excluding hydrogens is 478 g/mol. The van der Waals surface area contributed by atoms with Crippen molar-refractivity contribution in [2.45, 2.75) is 19.9 Å². The Balaban J connectivity index is 1.75. The minimum atomic E-state index is -0.731. The Kier molecular flexibility index (Phi) is 6.24. The van der Waals surface area contributed by atoms with Gasteiger partial charge in [0.1, 0.15) is 0 Å². The highest BCUT2D eigenvalue weighted by atomic mass is 32.1. The van der Waals surface area contributed by atoms with Crippen molar-refractivity contribution in [2.24, 2.45) is 4.99 Å². The monoisotopic (exact) mass is 503 g/mol. The number of para-hydroxylation sites is 1. The normalized spacial score (nSPS) is 15.6. The average molecular weight is 504 g/mol. The van der Waals surface area contributed by atoms with E-state index in [1.165, 1.54) is 11.3 Å². The van der Waals surface area contributed by atoms with E-state index in [4.69, 9.17) is 14.2 Å². The maximum absolute atomic E-state index is 13.8. The third-order valence-electron chi connectivity index (χ3n) is 6.15. The fraction of sp³-hybridized carbons (Fsp3) is 0.222. The number of benzene rings is 2. The van der Waals surface area contributed by atoms with Gasteiger partial charge in [-0.15, -0.1) is 0 Å². The number of aromatic nitrogens is 2. The van der Waals surface area contributed by atoms with Gasteiger partial charge in [-0.05, 0) is 43.7 Å². The molecule has 0 bridgehead atoms. The molecule has 0 saturated carbocycles. The minimum Gasteiger partial charge on any atom is -0.493 e. The van der Waals surface area contributed by atoms with Crippen LogP contribution in [-0.2, 0) is 9.53 Å². The Morgan fingerprint density at radius 1 is 1.17 bits per heavy atom. The molecule has 1 aliphatic rings. The number of ether oxygens (including phenoxy) is 3. The summed E-state index contributed by atoms with van der Waals surface area (Å²) >= 11 is 1.29. The maximum atomic E-state index is 13.8. The van der Waals surface area contributed by atoms with Crippen molar-refractivity contribution in [3.63, 3.8) is 0 Å². The number of fused-ring (bicyclic) bond motifs is 2. The van der Waals surface area contributed by atoms with Crippen LogP contribution in [0.15, 0.2) is 69.7 Å². The van der Waals surface area contributed by atoms with Crippen LogP contribution in [0.4, 0.5) is 0 Å². The van der Waals surface area contributed by atoms with E-state index >= 15 is 0 Å². The SMILES string of the molecule is CCOC(=O)C1=C(C)N=c2s/c(=C\c3c[nH]c4ccccc34)c(=O)n2[C@@H]1c1ccc(OC)c(OC)c1. The van der Waals surface area contributed by atoms with Crippen LogP contribution < -0.4 is 24.4 Å². The number of methoxy groups -OCH3 is 2. The Bertz CT molecular complexity index is 1690. The average Bonchev–Trinajstić information content (AvgIpc) is 3.43. The summed E-state index contributed by atoms with van der Waals surface area (Å²) in [5.41, 5.74) is 3.16. The quantitative estimate of drug-likeness (QED) is 0.408. The number of hydrogen-bond acceptors (Lipinski definition) is 7. The van der Waals surface area contributed by atoms with E-state index in [9.17, 15) is 9.59 Å². The van der Waals surface area contributed by atoms with Crippen molar-refractivity contribution in [1.29, 1.82) is 0 Å². The highest BCUT2D eigenvalue weighted by molar-refractivity contribution is 7.07. The molecule has 8 nitrogen and oxygen atoms in total. The molecule has 5 rings (SSSR count). The molecule has 4 aromatic rings. The molecule has 1 aliphatic heterocycles. The van der Waals surface area contributed by atoms with E-state index < -0.39 is 12.0 Å². The first-order valence-electron chi connectivity index (χ1n) is 11.4. The molecule has 0 fully saturated rings.